The van der Waals surface area contributed by atoms with E-state index in [2.05, 4.69) is 31.3 Å². The van der Waals surface area contributed by atoms with Crippen molar-refractivity contribution in [3.8, 4) is 0 Å². The summed E-state index contributed by atoms with van der Waals surface area (Å²) in [6, 6.07) is 8.11. The number of rotatable bonds is 6. The van der Waals surface area contributed by atoms with Gasteiger partial charge in [-0.05, 0) is 62.9 Å². The van der Waals surface area contributed by atoms with Crippen LogP contribution in [0.2, 0.25) is 5.02 Å². The molecular formula is C19H30Cl2N2O. The molecule has 0 aliphatic carbocycles. The maximum Gasteiger partial charge on any atom is 0.222 e. The summed E-state index contributed by atoms with van der Waals surface area (Å²) < 4.78 is 0. The topological polar surface area (TPSA) is 32.3 Å². The normalized spacial score (nSPS) is 17.7. The molecule has 1 heterocycles. The summed E-state index contributed by atoms with van der Waals surface area (Å²) >= 11 is 5.95. The Morgan fingerprint density at radius 1 is 1.25 bits per heavy atom. The molecule has 1 aromatic rings. The Hall–Kier alpha value is -0.770. The van der Waals surface area contributed by atoms with Crippen LogP contribution in [0.1, 0.15) is 51.0 Å². The highest BCUT2D eigenvalue weighted by Crippen LogP contribution is 2.25. The average molecular weight is 373 g/mol. The van der Waals surface area contributed by atoms with Crippen LogP contribution in [0, 0.1) is 5.92 Å². The molecule has 1 fully saturated rings. The van der Waals surface area contributed by atoms with Crippen molar-refractivity contribution in [3.63, 3.8) is 0 Å². The molecule has 1 N–H and O–H groups in total. The van der Waals surface area contributed by atoms with Crippen molar-refractivity contribution in [1.29, 1.82) is 0 Å². The number of halogens is 2. The third kappa shape index (κ3) is 5.94. The first-order valence-corrected chi connectivity index (χ1v) is 9.08. The largest absolute Gasteiger partial charge is 0.342 e. The van der Waals surface area contributed by atoms with Gasteiger partial charge in [-0.3, -0.25) is 4.79 Å². The van der Waals surface area contributed by atoms with Gasteiger partial charge in [0.25, 0.3) is 0 Å². The fraction of sp³-hybridized carbons (Fsp3) is 0.632. The molecule has 2 atom stereocenters. The number of amides is 1. The second-order valence-electron chi connectivity index (χ2n) is 6.82. The number of hydrogen-bond donors (Lipinski definition) is 1. The van der Waals surface area contributed by atoms with E-state index in [0.29, 0.717) is 18.3 Å². The molecule has 1 aliphatic rings. The van der Waals surface area contributed by atoms with Crippen LogP contribution in [0.15, 0.2) is 24.3 Å². The molecule has 2 unspecified atom stereocenters. The molecule has 0 radical (unpaired) electrons. The van der Waals surface area contributed by atoms with Crippen LogP contribution in [0.3, 0.4) is 0 Å². The zero-order chi connectivity index (χ0) is 16.8. The lowest BCUT2D eigenvalue weighted by Gasteiger charge is -2.31. The van der Waals surface area contributed by atoms with Crippen LogP contribution in [-0.2, 0) is 4.79 Å². The van der Waals surface area contributed by atoms with E-state index in [1.165, 1.54) is 18.4 Å². The molecular weight excluding hydrogens is 343 g/mol. The molecule has 1 aliphatic heterocycles. The maximum atomic E-state index is 12.5. The summed E-state index contributed by atoms with van der Waals surface area (Å²) in [5.41, 5.74) is 1.22. The molecule has 2 rings (SSSR count). The molecule has 0 aromatic heterocycles. The van der Waals surface area contributed by atoms with Crippen molar-refractivity contribution in [2.45, 2.75) is 51.5 Å². The smallest absolute Gasteiger partial charge is 0.222 e. The number of nitrogens with one attached hydrogen (secondary N) is 1. The highest BCUT2D eigenvalue weighted by molar-refractivity contribution is 6.30. The van der Waals surface area contributed by atoms with Crippen LogP contribution in [0.5, 0.6) is 0 Å². The van der Waals surface area contributed by atoms with Crippen molar-refractivity contribution in [1.82, 2.24) is 10.2 Å². The third-order valence-electron chi connectivity index (χ3n) is 5.35. The van der Waals surface area contributed by atoms with E-state index in [4.69, 9.17) is 11.6 Å². The minimum Gasteiger partial charge on any atom is -0.342 e. The molecule has 24 heavy (non-hydrogen) atoms. The van der Waals surface area contributed by atoms with Crippen molar-refractivity contribution in [2.24, 2.45) is 5.92 Å². The summed E-state index contributed by atoms with van der Waals surface area (Å²) in [4.78, 5) is 14.4. The first-order valence-electron chi connectivity index (χ1n) is 8.71. The molecule has 0 saturated carbocycles. The lowest BCUT2D eigenvalue weighted by Crippen LogP contribution is -2.38. The standard InChI is InChI=1S/C19H29ClN2O.ClH/c1-14(17-5-7-18(20)8-6-17)15(2)22(3)19(23)9-4-16-10-12-21-13-11-16;/h5-8,14-16,21H,4,9-13H2,1-3H3;1H. The van der Waals surface area contributed by atoms with Crippen molar-refractivity contribution >= 4 is 29.9 Å². The van der Waals surface area contributed by atoms with E-state index >= 15 is 0 Å². The Kier molecular flexibility index (Phi) is 9.11. The quantitative estimate of drug-likeness (QED) is 0.797. The number of carbonyl (C=O) groups excluding carboxylic acids is 1. The van der Waals surface area contributed by atoms with Gasteiger partial charge < -0.3 is 10.2 Å². The van der Waals surface area contributed by atoms with Crippen LogP contribution < -0.4 is 5.32 Å². The Bertz CT molecular complexity index is 501. The fourth-order valence-electron chi connectivity index (χ4n) is 3.28. The van der Waals surface area contributed by atoms with E-state index in [1.807, 2.05) is 24.1 Å². The first kappa shape index (κ1) is 21.3. The van der Waals surface area contributed by atoms with Crippen molar-refractivity contribution in [2.75, 3.05) is 20.1 Å². The summed E-state index contributed by atoms with van der Waals surface area (Å²) in [5.74, 6) is 1.26. The highest BCUT2D eigenvalue weighted by atomic mass is 35.5. The fourth-order valence-corrected chi connectivity index (χ4v) is 3.41. The van der Waals surface area contributed by atoms with Gasteiger partial charge in [-0.25, -0.2) is 0 Å². The average Bonchev–Trinajstić information content (AvgIpc) is 2.59. The van der Waals surface area contributed by atoms with Gasteiger partial charge >= 0.3 is 0 Å². The van der Waals surface area contributed by atoms with Gasteiger partial charge in [0.2, 0.25) is 5.91 Å². The zero-order valence-electron chi connectivity index (χ0n) is 14.9. The first-order chi connectivity index (χ1) is 11.0. The lowest BCUT2D eigenvalue weighted by molar-refractivity contribution is -0.132. The van der Waals surface area contributed by atoms with E-state index in [0.717, 1.165) is 24.5 Å². The Morgan fingerprint density at radius 2 is 1.83 bits per heavy atom. The number of benzene rings is 1. The number of hydrogen-bond acceptors (Lipinski definition) is 2. The zero-order valence-corrected chi connectivity index (χ0v) is 16.5. The van der Waals surface area contributed by atoms with Gasteiger partial charge in [-0.15, -0.1) is 12.4 Å². The van der Waals surface area contributed by atoms with Crippen LogP contribution in [-0.4, -0.2) is 37.0 Å². The van der Waals surface area contributed by atoms with E-state index in [-0.39, 0.29) is 24.4 Å². The predicted molar refractivity (Wildman–Crippen MR) is 104 cm³/mol. The van der Waals surface area contributed by atoms with Gasteiger partial charge in [-0.2, -0.15) is 0 Å². The van der Waals surface area contributed by atoms with Crippen LogP contribution >= 0.6 is 24.0 Å². The van der Waals surface area contributed by atoms with Crippen LogP contribution in [0.25, 0.3) is 0 Å². The Labute approximate surface area is 157 Å². The molecule has 1 saturated heterocycles. The minimum atomic E-state index is 0. The van der Waals surface area contributed by atoms with Crippen molar-refractivity contribution < 1.29 is 4.79 Å². The third-order valence-corrected chi connectivity index (χ3v) is 5.60. The lowest BCUT2D eigenvalue weighted by atomic mass is 9.91. The molecule has 1 amide bonds. The van der Waals surface area contributed by atoms with E-state index in [9.17, 15) is 4.79 Å². The molecule has 5 heteroatoms. The molecule has 1 aromatic carbocycles. The summed E-state index contributed by atoms with van der Waals surface area (Å²) in [6.45, 7) is 6.49. The van der Waals surface area contributed by atoms with Gasteiger partial charge in [0.05, 0.1) is 0 Å². The molecule has 0 spiro atoms. The van der Waals surface area contributed by atoms with Gasteiger partial charge in [0, 0.05) is 30.5 Å². The number of nitrogens with zero attached hydrogens (tertiary/aromatic N) is 1. The monoisotopic (exact) mass is 372 g/mol. The summed E-state index contributed by atoms with van der Waals surface area (Å²) in [7, 11) is 1.93. The highest BCUT2D eigenvalue weighted by Gasteiger charge is 2.23. The predicted octanol–water partition coefficient (Wildman–Crippen LogP) is 4.49. The summed E-state index contributed by atoms with van der Waals surface area (Å²) in [6.07, 6.45) is 4.09. The van der Waals surface area contributed by atoms with Gasteiger partial charge in [0.15, 0.2) is 0 Å². The maximum absolute atomic E-state index is 12.5. The number of likely N-dealkylation sites (N-methyl/N-ethyl adjacent to an activating group) is 1. The van der Waals surface area contributed by atoms with Crippen molar-refractivity contribution in [3.05, 3.63) is 34.9 Å². The SMILES string of the molecule is CC(c1ccc(Cl)cc1)C(C)N(C)C(=O)CCC1CCNCC1.Cl. The van der Waals surface area contributed by atoms with Crippen LogP contribution in [0.4, 0.5) is 0 Å². The molecule has 3 nitrogen and oxygen atoms in total. The van der Waals surface area contributed by atoms with Gasteiger partial charge in [-0.1, -0.05) is 30.7 Å². The molecule has 136 valence electrons. The van der Waals surface area contributed by atoms with Gasteiger partial charge in [0.1, 0.15) is 0 Å². The Balaban J connectivity index is 0.00000288. The second kappa shape index (κ2) is 10.3. The second-order valence-corrected chi connectivity index (χ2v) is 7.25. The van der Waals surface area contributed by atoms with E-state index in [1.54, 1.807) is 0 Å². The van der Waals surface area contributed by atoms with E-state index < -0.39 is 0 Å². The molecule has 0 bridgehead atoms. The number of carbonyl (C=O) groups is 1. The Morgan fingerprint density at radius 3 is 2.42 bits per heavy atom. The number of piperidine rings is 1. The summed E-state index contributed by atoms with van der Waals surface area (Å²) in [5, 5.41) is 4.13. The minimum absolute atomic E-state index is 0.